The van der Waals surface area contributed by atoms with Crippen LogP contribution in [0, 0.1) is 0 Å². The number of thiophene rings is 1. The lowest BCUT2D eigenvalue weighted by Gasteiger charge is -2.05. The van der Waals surface area contributed by atoms with Gasteiger partial charge in [0.2, 0.25) is 0 Å². The van der Waals surface area contributed by atoms with Crippen molar-refractivity contribution >= 4 is 27.2 Å². The normalized spacial score (nSPS) is 10.8. The standard InChI is InChI=1S/C16H12O3S/c17-12-3-4-13(15(19)9-12)14(18)7-10-1-2-11-5-6-20-16(11)8-10/h1-6,8-9,17,19H,7H2. The lowest BCUT2D eigenvalue weighted by atomic mass is 10.0. The maximum Gasteiger partial charge on any atom is 0.170 e. The molecule has 0 atom stereocenters. The van der Waals surface area contributed by atoms with Crippen LogP contribution in [0.15, 0.2) is 47.8 Å². The van der Waals surface area contributed by atoms with Crippen molar-refractivity contribution in [2.75, 3.05) is 0 Å². The highest BCUT2D eigenvalue weighted by atomic mass is 32.1. The smallest absolute Gasteiger partial charge is 0.170 e. The number of hydrogen-bond acceptors (Lipinski definition) is 4. The van der Waals surface area contributed by atoms with Crippen LogP contribution in [0.3, 0.4) is 0 Å². The Kier molecular flexibility index (Phi) is 3.16. The Morgan fingerprint density at radius 1 is 1.05 bits per heavy atom. The Morgan fingerprint density at radius 2 is 1.90 bits per heavy atom. The number of hydrogen-bond donors (Lipinski definition) is 2. The number of carbonyl (C=O) groups excluding carboxylic acids is 1. The zero-order chi connectivity index (χ0) is 14.1. The molecule has 0 radical (unpaired) electrons. The summed E-state index contributed by atoms with van der Waals surface area (Å²) >= 11 is 1.64. The van der Waals surface area contributed by atoms with E-state index in [0.29, 0.717) is 0 Å². The maximum atomic E-state index is 12.2. The molecule has 0 aliphatic carbocycles. The first kappa shape index (κ1) is 12.7. The Labute approximate surface area is 119 Å². The molecule has 0 saturated heterocycles. The highest BCUT2D eigenvalue weighted by Crippen LogP contribution is 2.26. The molecule has 0 amide bonds. The van der Waals surface area contributed by atoms with Crippen LogP contribution in [-0.4, -0.2) is 16.0 Å². The average molecular weight is 284 g/mol. The van der Waals surface area contributed by atoms with E-state index in [1.54, 1.807) is 11.3 Å². The number of ketones is 1. The van der Waals surface area contributed by atoms with Crippen LogP contribution in [0.1, 0.15) is 15.9 Å². The molecule has 0 saturated carbocycles. The Hall–Kier alpha value is -2.33. The van der Waals surface area contributed by atoms with Gasteiger partial charge in [-0.05, 0) is 40.6 Å². The van der Waals surface area contributed by atoms with Gasteiger partial charge in [-0.15, -0.1) is 11.3 Å². The number of phenols is 2. The SMILES string of the molecule is O=C(Cc1ccc2ccsc2c1)c1ccc(O)cc1O. The first-order valence-corrected chi connectivity index (χ1v) is 7.03. The van der Waals surface area contributed by atoms with Gasteiger partial charge >= 0.3 is 0 Å². The van der Waals surface area contributed by atoms with Crippen molar-refractivity contribution in [1.82, 2.24) is 0 Å². The highest BCUT2D eigenvalue weighted by molar-refractivity contribution is 7.17. The molecule has 3 aromatic rings. The molecule has 0 unspecified atom stereocenters. The van der Waals surface area contributed by atoms with Gasteiger partial charge in [0.15, 0.2) is 5.78 Å². The van der Waals surface area contributed by atoms with Gasteiger partial charge in [-0.3, -0.25) is 4.79 Å². The highest BCUT2D eigenvalue weighted by Gasteiger charge is 2.12. The summed E-state index contributed by atoms with van der Waals surface area (Å²) in [6.45, 7) is 0. The first-order chi connectivity index (χ1) is 9.63. The Balaban J connectivity index is 1.87. The Bertz CT molecular complexity index is 789. The molecule has 2 aromatic carbocycles. The molecular weight excluding hydrogens is 272 g/mol. The topological polar surface area (TPSA) is 57.5 Å². The van der Waals surface area contributed by atoms with Crippen molar-refractivity contribution in [1.29, 1.82) is 0 Å². The Morgan fingerprint density at radius 3 is 2.70 bits per heavy atom. The van der Waals surface area contributed by atoms with Gasteiger partial charge in [-0.25, -0.2) is 0 Å². The second-order valence-electron chi connectivity index (χ2n) is 4.59. The third-order valence-corrected chi connectivity index (χ3v) is 4.05. The summed E-state index contributed by atoms with van der Waals surface area (Å²) < 4.78 is 1.14. The molecule has 3 nitrogen and oxygen atoms in total. The molecule has 1 aromatic heterocycles. The lowest BCUT2D eigenvalue weighted by Crippen LogP contribution is -2.03. The fourth-order valence-corrected chi connectivity index (χ4v) is 3.00. The van der Waals surface area contributed by atoms with Gasteiger partial charge in [0.1, 0.15) is 11.5 Å². The molecule has 4 heteroatoms. The van der Waals surface area contributed by atoms with Crippen LogP contribution in [0.4, 0.5) is 0 Å². The molecule has 1 heterocycles. The minimum Gasteiger partial charge on any atom is -0.508 e. The zero-order valence-electron chi connectivity index (χ0n) is 10.5. The van der Waals surface area contributed by atoms with Gasteiger partial charge < -0.3 is 10.2 Å². The van der Waals surface area contributed by atoms with E-state index in [2.05, 4.69) is 0 Å². The van der Waals surface area contributed by atoms with Crippen LogP contribution in [0.5, 0.6) is 11.5 Å². The van der Waals surface area contributed by atoms with Crippen molar-refractivity contribution < 1.29 is 15.0 Å². The lowest BCUT2D eigenvalue weighted by molar-refractivity contribution is 0.0990. The minimum atomic E-state index is -0.188. The summed E-state index contributed by atoms with van der Waals surface area (Å²) in [6, 6.07) is 12.0. The van der Waals surface area contributed by atoms with E-state index in [4.69, 9.17) is 0 Å². The number of Topliss-reactive ketones (excluding diaryl/α,β-unsaturated/α-hetero) is 1. The molecule has 0 aliphatic heterocycles. The summed E-state index contributed by atoms with van der Waals surface area (Å²) in [5.41, 5.74) is 1.14. The summed E-state index contributed by atoms with van der Waals surface area (Å²) in [7, 11) is 0. The predicted octanol–water partition coefficient (Wildman–Crippen LogP) is 3.74. The van der Waals surface area contributed by atoms with Crippen molar-refractivity contribution in [2.24, 2.45) is 0 Å². The van der Waals surface area contributed by atoms with Gasteiger partial charge in [0.05, 0.1) is 5.56 Å². The van der Waals surface area contributed by atoms with Crippen molar-refractivity contribution in [3.05, 3.63) is 59.0 Å². The summed E-state index contributed by atoms with van der Waals surface area (Å²) in [5, 5.41) is 22.1. The van der Waals surface area contributed by atoms with E-state index in [1.807, 2.05) is 29.6 Å². The molecule has 2 N–H and O–H groups in total. The number of rotatable bonds is 3. The van der Waals surface area contributed by atoms with E-state index in [9.17, 15) is 15.0 Å². The van der Waals surface area contributed by atoms with Gasteiger partial charge in [0, 0.05) is 17.2 Å². The van der Waals surface area contributed by atoms with Crippen LogP contribution >= 0.6 is 11.3 Å². The number of aromatic hydroxyl groups is 2. The van der Waals surface area contributed by atoms with E-state index in [1.165, 1.54) is 23.6 Å². The van der Waals surface area contributed by atoms with Gasteiger partial charge in [-0.1, -0.05) is 12.1 Å². The maximum absolute atomic E-state index is 12.2. The number of phenolic OH excluding ortho intramolecular Hbond substituents is 2. The van der Waals surface area contributed by atoms with E-state index < -0.39 is 0 Å². The fraction of sp³-hybridized carbons (Fsp3) is 0.0625. The third kappa shape index (κ3) is 2.38. The number of carbonyl (C=O) groups is 1. The monoisotopic (exact) mass is 284 g/mol. The van der Waals surface area contributed by atoms with E-state index in [-0.39, 0.29) is 29.3 Å². The van der Waals surface area contributed by atoms with E-state index in [0.717, 1.165) is 10.3 Å². The number of benzene rings is 2. The molecule has 0 bridgehead atoms. The van der Waals surface area contributed by atoms with Crippen LogP contribution in [0.2, 0.25) is 0 Å². The fourth-order valence-electron chi connectivity index (χ4n) is 2.15. The predicted molar refractivity (Wildman–Crippen MR) is 79.6 cm³/mol. The minimum absolute atomic E-state index is 0.0564. The molecular formula is C16H12O3S. The van der Waals surface area contributed by atoms with Crippen LogP contribution in [-0.2, 0) is 6.42 Å². The summed E-state index contributed by atoms with van der Waals surface area (Å²) in [6.07, 6.45) is 0.228. The second kappa shape index (κ2) is 4.98. The summed E-state index contributed by atoms with van der Waals surface area (Å²) in [4.78, 5) is 12.2. The number of fused-ring (bicyclic) bond motifs is 1. The second-order valence-corrected chi connectivity index (χ2v) is 5.54. The zero-order valence-corrected chi connectivity index (χ0v) is 11.4. The molecule has 0 aliphatic rings. The van der Waals surface area contributed by atoms with Crippen molar-refractivity contribution in [2.45, 2.75) is 6.42 Å². The molecule has 3 rings (SSSR count). The van der Waals surface area contributed by atoms with Crippen LogP contribution < -0.4 is 0 Å². The van der Waals surface area contributed by atoms with Crippen LogP contribution in [0.25, 0.3) is 10.1 Å². The first-order valence-electron chi connectivity index (χ1n) is 6.15. The molecule has 0 spiro atoms. The molecule has 0 fully saturated rings. The van der Waals surface area contributed by atoms with E-state index >= 15 is 0 Å². The van der Waals surface area contributed by atoms with Gasteiger partial charge in [0.25, 0.3) is 0 Å². The molecule has 20 heavy (non-hydrogen) atoms. The average Bonchev–Trinajstić information content (AvgIpc) is 2.85. The van der Waals surface area contributed by atoms with Gasteiger partial charge in [-0.2, -0.15) is 0 Å². The van der Waals surface area contributed by atoms with Crippen molar-refractivity contribution in [3.63, 3.8) is 0 Å². The third-order valence-electron chi connectivity index (χ3n) is 3.17. The molecule has 100 valence electrons. The van der Waals surface area contributed by atoms with Crippen molar-refractivity contribution in [3.8, 4) is 11.5 Å². The quantitative estimate of drug-likeness (QED) is 0.720. The largest absolute Gasteiger partial charge is 0.508 e. The summed E-state index contributed by atoms with van der Waals surface area (Å²) in [5.74, 6) is -0.412.